The third-order valence-electron chi connectivity index (χ3n) is 5.31. The molecule has 7 nitrogen and oxygen atoms in total. The van der Waals surface area contributed by atoms with Gasteiger partial charge in [0.25, 0.3) is 5.91 Å². The molecule has 2 N–H and O–H groups in total. The number of rotatable bonds is 1. The zero-order chi connectivity index (χ0) is 18.7. The van der Waals surface area contributed by atoms with E-state index in [9.17, 15) is 9.59 Å². The Balaban J connectivity index is 1.61. The highest BCUT2D eigenvalue weighted by molar-refractivity contribution is 6.29. The number of pyridine rings is 1. The molecular weight excluding hydrogens is 354 g/mol. The summed E-state index contributed by atoms with van der Waals surface area (Å²) in [5.74, 6) is -0.133. The van der Waals surface area contributed by atoms with Gasteiger partial charge in [0.1, 0.15) is 5.15 Å². The van der Waals surface area contributed by atoms with E-state index in [0.717, 1.165) is 6.42 Å². The second-order valence-electron chi connectivity index (χ2n) is 7.88. The summed E-state index contributed by atoms with van der Waals surface area (Å²) in [6, 6.07) is 5.21. The van der Waals surface area contributed by atoms with Gasteiger partial charge in [-0.1, -0.05) is 31.5 Å². The van der Waals surface area contributed by atoms with Crippen LogP contribution in [0.5, 0.6) is 0 Å². The molecule has 136 valence electrons. The van der Waals surface area contributed by atoms with E-state index in [1.165, 1.54) is 4.52 Å². The van der Waals surface area contributed by atoms with E-state index in [4.69, 9.17) is 17.3 Å². The Kier molecular flexibility index (Phi) is 3.63. The number of carbonyl (C=O) groups is 2. The number of aromatic nitrogens is 3. The zero-order valence-electron chi connectivity index (χ0n) is 14.7. The van der Waals surface area contributed by atoms with Crippen molar-refractivity contribution in [3.8, 4) is 0 Å². The maximum atomic E-state index is 12.9. The number of likely N-dealkylation sites (tertiary alicyclic amines) is 1. The van der Waals surface area contributed by atoms with Gasteiger partial charge in [0.05, 0.1) is 5.70 Å². The Labute approximate surface area is 155 Å². The summed E-state index contributed by atoms with van der Waals surface area (Å²) in [6.07, 6.45) is 3.29. The number of hydrogen-bond acceptors (Lipinski definition) is 5. The van der Waals surface area contributed by atoms with Crippen molar-refractivity contribution in [2.75, 3.05) is 13.1 Å². The van der Waals surface area contributed by atoms with E-state index in [1.807, 2.05) is 19.9 Å². The molecule has 1 atom stereocenters. The number of halogens is 1. The van der Waals surface area contributed by atoms with E-state index in [1.54, 1.807) is 23.1 Å². The lowest BCUT2D eigenvalue weighted by Gasteiger charge is -2.38. The number of nitrogens with zero attached hydrogens (tertiary/aromatic N) is 4. The van der Waals surface area contributed by atoms with Crippen LogP contribution in [0.25, 0.3) is 5.65 Å². The van der Waals surface area contributed by atoms with Crippen LogP contribution < -0.4 is 5.73 Å². The summed E-state index contributed by atoms with van der Waals surface area (Å²) in [5, 5.41) is 4.63. The summed E-state index contributed by atoms with van der Waals surface area (Å²) < 4.78 is 1.45. The summed E-state index contributed by atoms with van der Waals surface area (Å²) >= 11 is 6.09. The van der Waals surface area contributed by atoms with Crippen LogP contribution in [0.2, 0.25) is 5.15 Å². The number of allylic oxidation sites excluding steroid dienone is 1. The molecule has 1 aliphatic carbocycles. The van der Waals surface area contributed by atoms with Gasteiger partial charge in [-0.2, -0.15) is 0 Å². The Morgan fingerprint density at radius 3 is 2.81 bits per heavy atom. The molecule has 1 amide bonds. The SMILES string of the molecule is CC1(C)C[C@]2(C=C(N)C1=O)CCN(C(=O)c1nc3cccc(Cl)n3n1)C2. The average molecular weight is 374 g/mol. The van der Waals surface area contributed by atoms with Crippen molar-refractivity contribution >= 4 is 28.9 Å². The Hall–Kier alpha value is -2.41. The van der Waals surface area contributed by atoms with Gasteiger partial charge >= 0.3 is 0 Å². The molecule has 0 bridgehead atoms. The molecule has 26 heavy (non-hydrogen) atoms. The molecule has 1 spiro atoms. The standard InChI is InChI=1S/C18H20ClN5O2/c1-17(2)9-18(8-11(20)14(17)25)6-7-23(10-18)16(26)15-21-13-5-3-4-12(19)24(13)22-15/h3-5,8H,6-7,9-10,20H2,1-2H3/t18-/m1/s1. The minimum Gasteiger partial charge on any atom is -0.396 e. The summed E-state index contributed by atoms with van der Waals surface area (Å²) in [6.45, 7) is 4.91. The molecule has 8 heteroatoms. The molecule has 2 aromatic rings. The molecule has 4 rings (SSSR count). The third-order valence-corrected chi connectivity index (χ3v) is 5.60. The first-order valence-electron chi connectivity index (χ1n) is 8.55. The van der Waals surface area contributed by atoms with Crippen LogP contribution >= 0.6 is 11.6 Å². The van der Waals surface area contributed by atoms with Gasteiger partial charge in [0, 0.05) is 23.9 Å². The van der Waals surface area contributed by atoms with Gasteiger partial charge in [-0.3, -0.25) is 9.59 Å². The quantitative estimate of drug-likeness (QED) is 0.772. The van der Waals surface area contributed by atoms with Crippen LogP contribution in [0.1, 0.15) is 37.3 Å². The molecule has 3 heterocycles. The van der Waals surface area contributed by atoms with Crippen molar-refractivity contribution in [3.63, 3.8) is 0 Å². The maximum absolute atomic E-state index is 12.9. The van der Waals surface area contributed by atoms with Gasteiger partial charge in [-0.15, -0.1) is 5.10 Å². The molecule has 1 saturated heterocycles. The smallest absolute Gasteiger partial charge is 0.293 e. The fraction of sp³-hybridized carbons (Fsp3) is 0.444. The van der Waals surface area contributed by atoms with Gasteiger partial charge in [-0.25, -0.2) is 9.50 Å². The van der Waals surface area contributed by atoms with Gasteiger partial charge < -0.3 is 10.6 Å². The number of amides is 1. The van der Waals surface area contributed by atoms with Gasteiger partial charge in [-0.05, 0) is 31.1 Å². The van der Waals surface area contributed by atoms with Crippen LogP contribution in [0.15, 0.2) is 30.0 Å². The highest BCUT2D eigenvalue weighted by Crippen LogP contribution is 2.47. The number of carbonyl (C=O) groups excluding carboxylic acids is 2. The van der Waals surface area contributed by atoms with Crippen LogP contribution in [0, 0.1) is 10.8 Å². The number of nitrogens with two attached hydrogens (primary N) is 1. The summed E-state index contributed by atoms with van der Waals surface area (Å²) in [4.78, 5) is 31.2. The molecule has 0 unspecified atom stereocenters. The van der Waals surface area contributed by atoms with Crippen molar-refractivity contribution in [2.45, 2.75) is 26.7 Å². The Morgan fingerprint density at radius 2 is 2.12 bits per heavy atom. The molecule has 1 aliphatic heterocycles. The molecular formula is C18H20ClN5O2. The molecule has 0 radical (unpaired) electrons. The minimum atomic E-state index is -0.521. The number of Topliss-reactive ketones (excluding diaryl/α,β-unsaturated/α-hetero) is 1. The van der Waals surface area contributed by atoms with E-state index in [2.05, 4.69) is 10.1 Å². The predicted octanol–water partition coefficient (Wildman–Crippen LogP) is 2.06. The van der Waals surface area contributed by atoms with Crippen molar-refractivity contribution in [1.29, 1.82) is 0 Å². The van der Waals surface area contributed by atoms with Gasteiger partial charge in [0.15, 0.2) is 11.4 Å². The zero-order valence-corrected chi connectivity index (χ0v) is 15.5. The predicted molar refractivity (Wildman–Crippen MR) is 96.6 cm³/mol. The fourth-order valence-electron chi connectivity index (χ4n) is 4.23. The highest BCUT2D eigenvalue weighted by Gasteiger charge is 2.48. The number of ketones is 1. The maximum Gasteiger partial charge on any atom is 0.293 e. The molecule has 1 fully saturated rings. The molecule has 2 aromatic heterocycles. The topological polar surface area (TPSA) is 93.6 Å². The van der Waals surface area contributed by atoms with Gasteiger partial charge in [0.2, 0.25) is 5.82 Å². The average Bonchev–Trinajstić information content (AvgIpc) is 3.17. The second kappa shape index (κ2) is 5.54. The Bertz CT molecular complexity index is 964. The Morgan fingerprint density at radius 1 is 1.35 bits per heavy atom. The van der Waals surface area contributed by atoms with Crippen molar-refractivity contribution < 1.29 is 9.59 Å². The van der Waals surface area contributed by atoms with Crippen LogP contribution in [-0.2, 0) is 4.79 Å². The van der Waals surface area contributed by atoms with E-state index in [-0.39, 0.29) is 22.9 Å². The lowest BCUT2D eigenvalue weighted by atomic mass is 9.65. The first-order chi connectivity index (χ1) is 12.2. The molecule has 0 saturated carbocycles. The number of fused-ring (bicyclic) bond motifs is 1. The van der Waals surface area contributed by atoms with E-state index >= 15 is 0 Å². The minimum absolute atomic E-state index is 0.0236. The number of hydrogen-bond donors (Lipinski definition) is 1. The monoisotopic (exact) mass is 373 g/mol. The van der Waals surface area contributed by atoms with Crippen molar-refractivity contribution in [3.05, 3.63) is 40.9 Å². The first kappa shape index (κ1) is 17.0. The van der Waals surface area contributed by atoms with E-state index < -0.39 is 5.41 Å². The third kappa shape index (κ3) is 2.58. The lowest BCUT2D eigenvalue weighted by molar-refractivity contribution is -0.125. The molecule has 0 aromatic carbocycles. The highest BCUT2D eigenvalue weighted by atomic mass is 35.5. The van der Waals surface area contributed by atoms with Crippen LogP contribution in [-0.4, -0.2) is 44.3 Å². The summed E-state index contributed by atoms with van der Waals surface area (Å²) in [5.41, 5.74) is 6.01. The largest absolute Gasteiger partial charge is 0.396 e. The summed E-state index contributed by atoms with van der Waals surface area (Å²) in [7, 11) is 0. The van der Waals surface area contributed by atoms with Crippen LogP contribution in [0.4, 0.5) is 0 Å². The first-order valence-corrected chi connectivity index (χ1v) is 8.92. The van der Waals surface area contributed by atoms with E-state index in [0.29, 0.717) is 36.0 Å². The normalized spacial score (nSPS) is 25.1. The van der Waals surface area contributed by atoms with Crippen molar-refractivity contribution in [1.82, 2.24) is 19.5 Å². The van der Waals surface area contributed by atoms with Crippen LogP contribution in [0.3, 0.4) is 0 Å². The second-order valence-corrected chi connectivity index (χ2v) is 8.27. The fourth-order valence-corrected chi connectivity index (χ4v) is 4.43. The molecule has 2 aliphatic rings. The van der Waals surface area contributed by atoms with Crippen molar-refractivity contribution in [2.24, 2.45) is 16.6 Å². The lowest BCUT2D eigenvalue weighted by Crippen LogP contribution is -2.42.